The van der Waals surface area contributed by atoms with E-state index >= 15 is 0 Å². The van der Waals surface area contributed by atoms with E-state index < -0.39 is 59.1 Å². The van der Waals surface area contributed by atoms with Gasteiger partial charge in [-0.3, -0.25) is 9.59 Å². The summed E-state index contributed by atoms with van der Waals surface area (Å²) in [6.07, 6.45) is -1.03. The quantitative estimate of drug-likeness (QED) is 0.228. The van der Waals surface area contributed by atoms with Crippen LogP contribution in [-0.4, -0.2) is 18.5 Å². The fourth-order valence-corrected chi connectivity index (χ4v) is 1.90. The van der Waals surface area contributed by atoms with E-state index in [0.717, 1.165) is 13.3 Å². The van der Waals surface area contributed by atoms with Crippen molar-refractivity contribution in [2.75, 3.05) is 6.61 Å². The standard InChI is InChI=1S/C16H17F5O4/c1-3-4-7-24-9(22)5-6-10(23)25-8(2)11-12(17)14(19)16(21)15(20)13(11)18/h8H,3-7H2,1-2H3. The number of hydrogen-bond donors (Lipinski definition) is 0. The summed E-state index contributed by atoms with van der Waals surface area (Å²) >= 11 is 0. The van der Waals surface area contributed by atoms with Gasteiger partial charge in [-0.25, -0.2) is 22.0 Å². The number of unbranched alkanes of at least 4 members (excludes halogenated alkanes) is 1. The summed E-state index contributed by atoms with van der Waals surface area (Å²) in [5.74, 6) is -12.4. The van der Waals surface area contributed by atoms with Crippen LogP contribution in [0.1, 0.15) is 51.2 Å². The van der Waals surface area contributed by atoms with Crippen molar-refractivity contribution in [3.8, 4) is 0 Å². The van der Waals surface area contributed by atoms with Gasteiger partial charge >= 0.3 is 11.9 Å². The molecular weight excluding hydrogens is 351 g/mol. The molecule has 0 amide bonds. The predicted molar refractivity (Wildman–Crippen MR) is 75.8 cm³/mol. The maximum absolute atomic E-state index is 13.6. The first-order chi connectivity index (χ1) is 11.7. The zero-order valence-corrected chi connectivity index (χ0v) is 13.6. The molecular formula is C16H17F5O4. The van der Waals surface area contributed by atoms with Gasteiger partial charge in [0.05, 0.1) is 25.0 Å². The summed E-state index contributed by atoms with van der Waals surface area (Å²) in [6, 6.07) is 0. The van der Waals surface area contributed by atoms with Gasteiger partial charge in [-0.15, -0.1) is 0 Å². The molecule has 0 saturated heterocycles. The Hall–Kier alpha value is -2.19. The molecule has 1 unspecified atom stereocenters. The van der Waals surface area contributed by atoms with E-state index in [4.69, 9.17) is 4.74 Å². The minimum absolute atomic E-state index is 0.200. The zero-order valence-electron chi connectivity index (χ0n) is 13.6. The Balaban J connectivity index is 2.69. The maximum Gasteiger partial charge on any atom is 0.306 e. The Morgan fingerprint density at radius 3 is 1.88 bits per heavy atom. The highest BCUT2D eigenvalue weighted by atomic mass is 19.2. The smallest absolute Gasteiger partial charge is 0.306 e. The second-order valence-electron chi connectivity index (χ2n) is 5.19. The van der Waals surface area contributed by atoms with E-state index in [1.54, 1.807) is 0 Å². The monoisotopic (exact) mass is 368 g/mol. The van der Waals surface area contributed by atoms with Crippen molar-refractivity contribution < 1.29 is 41.0 Å². The van der Waals surface area contributed by atoms with Crippen LogP contribution in [0.25, 0.3) is 0 Å². The molecule has 0 aromatic heterocycles. The summed E-state index contributed by atoms with van der Waals surface area (Å²) in [5, 5.41) is 0. The molecule has 1 atom stereocenters. The Kier molecular flexibility index (Phi) is 7.79. The topological polar surface area (TPSA) is 52.6 Å². The molecule has 0 fully saturated rings. The molecule has 0 aliphatic rings. The van der Waals surface area contributed by atoms with Gasteiger partial charge in [0.1, 0.15) is 6.10 Å². The largest absolute Gasteiger partial charge is 0.466 e. The van der Waals surface area contributed by atoms with E-state index in [2.05, 4.69) is 4.74 Å². The molecule has 0 aliphatic carbocycles. The van der Waals surface area contributed by atoms with Crippen LogP contribution >= 0.6 is 0 Å². The summed E-state index contributed by atoms with van der Waals surface area (Å²) in [5.41, 5.74) is -1.25. The van der Waals surface area contributed by atoms with Gasteiger partial charge in [-0.2, -0.15) is 0 Å². The summed E-state index contributed by atoms with van der Waals surface area (Å²) < 4.78 is 75.9. The van der Waals surface area contributed by atoms with E-state index in [1.807, 2.05) is 6.92 Å². The number of benzene rings is 1. The molecule has 0 heterocycles. The molecule has 140 valence electrons. The van der Waals surface area contributed by atoms with Gasteiger partial charge in [-0.1, -0.05) is 13.3 Å². The second-order valence-corrected chi connectivity index (χ2v) is 5.19. The molecule has 1 aromatic carbocycles. The Labute approximate surface area is 140 Å². The van der Waals surface area contributed by atoms with Crippen molar-refractivity contribution in [3.05, 3.63) is 34.6 Å². The summed E-state index contributed by atoms with van der Waals surface area (Å²) in [4.78, 5) is 22.9. The molecule has 0 radical (unpaired) electrons. The van der Waals surface area contributed by atoms with Crippen molar-refractivity contribution in [2.45, 2.75) is 45.6 Å². The van der Waals surface area contributed by atoms with Crippen LogP contribution in [0.4, 0.5) is 22.0 Å². The molecule has 25 heavy (non-hydrogen) atoms. The number of carbonyl (C=O) groups is 2. The van der Waals surface area contributed by atoms with Crippen molar-refractivity contribution in [2.24, 2.45) is 0 Å². The lowest BCUT2D eigenvalue weighted by atomic mass is 10.1. The number of hydrogen-bond acceptors (Lipinski definition) is 4. The second kappa shape index (κ2) is 9.33. The normalized spacial score (nSPS) is 12.0. The fourth-order valence-electron chi connectivity index (χ4n) is 1.90. The molecule has 0 saturated carbocycles. The lowest BCUT2D eigenvalue weighted by Gasteiger charge is -2.16. The van der Waals surface area contributed by atoms with Crippen molar-refractivity contribution in [1.82, 2.24) is 0 Å². The van der Waals surface area contributed by atoms with Gasteiger partial charge in [-0.05, 0) is 13.3 Å². The van der Waals surface area contributed by atoms with Crippen LogP contribution in [-0.2, 0) is 19.1 Å². The highest BCUT2D eigenvalue weighted by Gasteiger charge is 2.30. The molecule has 4 nitrogen and oxygen atoms in total. The molecule has 0 aliphatic heterocycles. The van der Waals surface area contributed by atoms with Crippen LogP contribution in [0.15, 0.2) is 0 Å². The average Bonchev–Trinajstić information content (AvgIpc) is 2.56. The minimum atomic E-state index is -2.30. The van der Waals surface area contributed by atoms with Crippen molar-refractivity contribution in [3.63, 3.8) is 0 Å². The van der Waals surface area contributed by atoms with E-state index in [9.17, 15) is 31.5 Å². The van der Waals surface area contributed by atoms with Gasteiger partial charge in [0, 0.05) is 0 Å². The predicted octanol–water partition coefficient (Wildman–Crippen LogP) is 4.11. The van der Waals surface area contributed by atoms with E-state index in [1.165, 1.54) is 0 Å². The number of esters is 2. The minimum Gasteiger partial charge on any atom is -0.466 e. The van der Waals surface area contributed by atoms with Crippen LogP contribution in [0.5, 0.6) is 0 Å². The third-order valence-corrected chi connectivity index (χ3v) is 3.25. The SMILES string of the molecule is CCCCOC(=O)CCC(=O)OC(C)c1c(F)c(F)c(F)c(F)c1F. The lowest BCUT2D eigenvalue weighted by Crippen LogP contribution is -2.16. The first kappa shape index (κ1) is 20.9. The van der Waals surface area contributed by atoms with Crippen LogP contribution < -0.4 is 0 Å². The van der Waals surface area contributed by atoms with Crippen molar-refractivity contribution >= 4 is 11.9 Å². The zero-order chi connectivity index (χ0) is 19.1. The molecule has 1 aromatic rings. The van der Waals surface area contributed by atoms with Gasteiger partial charge < -0.3 is 9.47 Å². The summed E-state index contributed by atoms with van der Waals surface area (Å²) in [7, 11) is 0. The Bertz CT molecular complexity index is 619. The van der Waals surface area contributed by atoms with E-state index in [0.29, 0.717) is 6.42 Å². The van der Waals surface area contributed by atoms with Crippen LogP contribution in [0, 0.1) is 29.1 Å². The maximum atomic E-state index is 13.6. The number of ether oxygens (including phenoxy) is 2. The molecule has 0 bridgehead atoms. The first-order valence-electron chi connectivity index (χ1n) is 7.57. The Morgan fingerprint density at radius 1 is 0.880 bits per heavy atom. The fraction of sp³-hybridized carbons (Fsp3) is 0.500. The van der Waals surface area contributed by atoms with Crippen molar-refractivity contribution in [1.29, 1.82) is 0 Å². The number of carbonyl (C=O) groups excluding carboxylic acids is 2. The van der Waals surface area contributed by atoms with Gasteiger partial charge in [0.15, 0.2) is 23.3 Å². The third-order valence-electron chi connectivity index (χ3n) is 3.25. The first-order valence-corrected chi connectivity index (χ1v) is 7.57. The highest BCUT2D eigenvalue weighted by molar-refractivity contribution is 5.77. The van der Waals surface area contributed by atoms with Crippen LogP contribution in [0.2, 0.25) is 0 Å². The molecule has 9 heteroatoms. The summed E-state index contributed by atoms with van der Waals surface area (Å²) in [6.45, 7) is 3.05. The van der Waals surface area contributed by atoms with E-state index in [-0.39, 0.29) is 13.0 Å². The molecule has 1 rings (SSSR count). The molecule has 0 N–H and O–H groups in total. The van der Waals surface area contributed by atoms with Crippen LogP contribution in [0.3, 0.4) is 0 Å². The van der Waals surface area contributed by atoms with Gasteiger partial charge in [0.25, 0.3) is 0 Å². The lowest BCUT2D eigenvalue weighted by molar-refractivity contribution is -0.153. The number of halogens is 5. The number of rotatable bonds is 8. The van der Waals surface area contributed by atoms with Gasteiger partial charge in [0.2, 0.25) is 5.82 Å². The average molecular weight is 368 g/mol. The highest BCUT2D eigenvalue weighted by Crippen LogP contribution is 2.29. The molecule has 0 spiro atoms. The Morgan fingerprint density at radius 2 is 1.36 bits per heavy atom. The third kappa shape index (κ3) is 5.40.